The number of amides is 1. The quantitative estimate of drug-likeness (QED) is 0.747. The normalized spacial score (nSPS) is 11.0. The van der Waals surface area contributed by atoms with Crippen molar-refractivity contribution in [2.24, 2.45) is 0 Å². The van der Waals surface area contributed by atoms with Gasteiger partial charge in [-0.15, -0.1) is 6.42 Å². The fourth-order valence-corrected chi connectivity index (χ4v) is 2.43. The van der Waals surface area contributed by atoms with Crippen LogP contribution in [0.25, 0.3) is 11.4 Å². The van der Waals surface area contributed by atoms with Gasteiger partial charge in [-0.2, -0.15) is 4.98 Å². The van der Waals surface area contributed by atoms with Crippen molar-refractivity contribution in [1.82, 2.24) is 15.5 Å². The average molecular weight is 341 g/mol. The van der Waals surface area contributed by atoms with E-state index in [4.69, 9.17) is 15.7 Å². The van der Waals surface area contributed by atoms with Crippen LogP contribution in [-0.4, -0.2) is 28.7 Å². The highest BCUT2D eigenvalue weighted by Gasteiger charge is 2.25. The summed E-state index contributed by atoms with van der Waals surface area (Å²) in [7, 11) is 1.61. The summed E-state index contributed by atoms with van der Waals surface area (Å²) in [5.41, 5.74) is 0.240. The lowest BCUT2D eigenvalue weighted by Crippen LogP contribution is -2.46. The molecule has 1 amide bonds. The molecule has 0 spiro atoms. The molecule has 0 radical (unpaired) electrons. The van der Waals surface area contributed by atoms with Crippen LogP contribution < -0.4 is 10.1 Å². The molecule has 0 fully saturated rings. The van der Waals surface area contributed by atoms with E-state index in [-0.39, 0.29) is 12.3 Å². The number of nitrogens with zero attached hydrogens (tertiary/aromatic N) is 2. The number of rotatable bonds is 8. The highest BCUT2D eigenvalue weighted by molar-refractivity contribution is 5.77. The molecule has 25 heavy (non-hydrogen) atoms. The third-order valence-corrected chi connectivity index (χ3v) is 4.24. The Morgan fingerprint density at radius 1 is 1.32 bits per heavy atom. The molecular formula is C19H23N3O3. The molecule has 0 atom stereocenters. The zero-order valence-electron chi connectivity index (χ0n) is 14.8. The van der Waals surface area contributed by atoms with Gasteiger partial charge in [-0.3, -0.25) is 4.79 Å². The van der Waals surface area contributed by atoms with Crippen LogP contribution in [0.1, 0.15) is 39.0 Å². The van der Waals surface area contributed by atoms with Gasteiger partial charge in [0.05, 0.1) is 7.11 Å². The van der Waals surface area contributed by atoms with E-state index in [2.05, 4.69) is 21.4 Å². The van der Waals surface area contributed by atoms with E-state index >= 15 is 0 Å². The van der Waals surface area contributed by atoms with E-state index in [0.717, 1.165) is 11.3 Å². The van der Waals surface area contributed by atoms with Crippen molar-refractivity contribution in [2.75, 3.05) is 7.11 Å². The summed E-state index contributed by atoms with van der Waals surface area (Å²) in [6.45, 7) is 3.92. The summed E-state index contributed by atoms with van der Waals surface area (Å²) in [5.74, 6) is 4.22. The number of nitrogens with one attached hydrogen (secondary N) is 1. The number of aromatic nitrogens is 2. The molecule has 1 aromatic heterocycles. The minimum atomic E-state index is -0.583. The maximum atomic E-state index is 12.1. The van der Waals surface area contributed by atoms with Gasteiger partial charge < -0.3 is 14.6 Å². The average Bonchev–Trinajstić information content (AvgIpc) is 3.14. The SMILES string of the molecule is C#CC(CC)(CC)NC(=O)CCc1nc(-c2ccc(OC)cc2)no1. The maximum Gasteiger partial charge on any atom is 0.227 e. The van der Waals surface area contributed by atoms with E-state index in [1.165, 1.54) is 0 Å². The van der Waals surface area contributed by atoms with Crippen LogP contribution in [0.4, 0.5) is 0 Å². The number of aryl methyl sites for hydroxylation is 1. The Morgan fingerprint density at radius 3 is 2.56 bits per heavy atom. The predicted octanol–water partition coefficient (Wildman–Crippen LogP) is 2.99. The molecule has 1 heterocycles. The van der Waals surface area contributed by atoms with E-state index in [1.807, 2.05) is 38.1 Å². The lowest BCUT2D eigenvalue weighted by molar-refractivity contribution is -0.122. The number of hydrogen-bond acceptors (Lipinski definition) is 5. The number of benzene rings is 1. The van der Waals surface area contributed by atoms with E-state index in [9.17, 15) is 4.79 Å². The standard InChI is InChI=1S/C19H23N3O3/c1-5-19(6-2,7-3)21-16(23)12-13-17-20-18(22-25-17)14-8-10-15(24-4)11-9-14/h1,8-11H,6-7,12-13H2,2-4H3,(H,21,23). The zero-order chi connectivity index (χ0) is 18.3. The number of methoxy groups -OCH3 is 1. The molecule has 0 aliphatic carbocycles. The van der Waals surface area contributed by atoms with Crippen molar-refractivity contribution in [2.45, 2.75) is 45.1 Å². The Morgan fingerprint density at radius 2 is 2.00 bits per heavy atom. The number of carbonyl (C=O) groups excluding carboxylic acids is 1. The van der Waals surface area contributed by atoms with Crippen LogP contribution in [0.15, 0.2) is 28.8 Å². The second-order valence-corrected chi connectivity index (χ2v) is 5.72. The molecule has 0 aliphatic rings. The summed E-state index contributed by atoms with van der Waals surface area (Å²) >= 11 is 0. The van der Waals surface area contributed by atoms with Crippen LogP contribution in [-0.2, 0) is 11.2 Å². The summed E-state index contributed by atoms with van der Waals surface area (Å²) in [4.78, 5) is 16.5. The Hall–Kier alpha value is -2.81. The van der Waals surface area contributed by atoms with Gasteiger partial charge in [0.25, 0.3) is 0 Å². The summed E-state index contributed by atoms with van der Waals surface area (Å²) in [6.07, 6.45) is 7.54. The first kappa shape index (κ1) is 18.5. The second-order valence-electron chi connectivity index (χ2n) is 5.72. The molecule has 6 nitrogen and oxygen atoms in total. The minimum Gasteiger partial charge on any atom is -0.497 e. The van der Waals surface area contributed by atoms with Gasteiger partial charge in [0.2, 0.25) is 17.6 Å². The van der Waals surface area contributed by atoms with E-state index in [1.54, 1.807) is 7.11 Å². The van der Waals surface area contributed by atoms with E-state index < -0.39 is 5.54 Å². The lowest BCUT2D eigenvalue weighted by Gasteiger charge is -2.26. The van der Waals surface area contributed by atoms with Crippen molar-refractivity contribution in [3.63, 3.8) is 0 Å². The van der Waals surface area contributed by atoms with Crippen LogP contribution in [0.3, 0.4) is 0 Å². The number of terminal acetylenes is 1. The molecule has 6 heteroatoms. The first-order valence-electron chi connectivity index (χ1n) is 8.31. The van der Waals surface area contributed by atoms with Crippen molar-refractivity contribution in [3.8, 4) is 29.5 Å². The molecule has 2 rings (SSSR count). The Labute approximate surface area is 148 Å². The Balaban J connectivity index is 1.95. The molecular weight excluding hydrogens is 318 g/mol. The predicted molar refractivity (Wildman–Crippen MR) is 94.9 cm³/mol. The lowest BCUT2D eigenvalue weighted by atomic mass is 9.93. The smallest absolute Gasteiger partial charge is 0.227 e. The summed E-state index contributed by atoms with van der Waals surface area (Å²) < 4.78 is 10.3. The topological polar surface area (TPSA) is 77.2 Å². The Kier molecular flexibility index (Phi) is 6.18. The summed E-state index contributed by atoms with van der Waals surface area (Å²) in [5, 5.41) is 6.87. The van der Waals surface area contributed by atoms with Gasteiger partial charge in [-0.05, 0) is 37.1 Å². The largest absolute Gasteiger partial charge is 0.497 e. The monoisotopic (exact) mass is 341 g/mol. The zero-order valence-corrected chi connectivity index (χ0v) is 14.8. The molecule has 0 aliphatic heterocycles. The first-order chi connectivity index (χ1) is 12.1. The van der Waals surface area contributed by atoms with E-state index in [0.29, 0.717) is 31.0 Å². The molecule has 1 aromatic carbocycles. The van der Waals surface area contributed by atoms with Gasteiger partial charge in [-0.1, -0.05) is 24.9 Å². The molecule has 132 valence electrons. The van der Waals surface area contributed by atoms with Crippen molar-refractivity contribution in [3.05, 3.63) is 30.2 Å². The fourth-order valence-electron chi connectivity index (χ4n) is 2.43. The summed E-state index contributed by atoms with van der Waals surface area (Å²) in [6, 6.07) is 7.36. The molecule has 0 saturated carbocycles. The third kappa shape index (κ3) is 4.60. The molecule has 1 N–H and O–H groups in total. The fraction of sp³-hybridized carbons (Fsp3) is 0.421. The van der Waals surface area contributed by atoms with Crippen molar-refractivity contribution in [1.29, 1.82) is 0 Å². The third-order valence-electron chi connectivity index (χ3n) is 4.24. The second kappa shape index (κ2) is 8.34. The van der Waals surface area contributed by atoms with Gasteiger partial charge in [-0.25, -0.2) is 0 Å². The minimum absolute atomic E-state index is 0.120. The van der Waals surface area contributed by atoms with Crippen LogP contribution in [0.2, 0.25) is 0 Å². The Bertz CT molecular complexity index is 740. The van der Waals surface area contributed by atoms with Crippen molar-refractivity contribution >= 4 is 5.91 Å². The highest BCUT2D eigenvalue weighted by Crippen LogP contribution is 2.20. The molecule has 0 saturated heterocycles. The number of ether oxygens (including phenoxy) is 1. The van der Waals surface area contributed by atoms with Crippen LogP contribution in [0, 0.1) is 12.3 Å². The van der Waals surface area contributed by atoms with Gasteiger partial charge in [0.1, 0.15) is 11.3 Å². The first-order valence-corrected chi connectivity index (χ1v) is 8.31. The molecule has 2 aromatic rings. The number of carbonyl (C=O) groups is 1. The molecule has 0 unspecified atom stereocenters. The van der Waals surface area contributed by atoms with Crippen LogP contribution >= 0.6 is 0 Å². The maximum absolute atomic E-state index is 12.1. The molecule has 0 bridgehead atoms. The number of hydrogen-bond donors (Lipinski definition) is 1. The van der Waals surface area contributed by atoms with Gasteiger partial charge in [0, 0.05) is 18.4 Å². The van der Waals surface area contributed by atoms with Gasteiger partial charge >= 0.3 is 0 Å². The van der Waals surface area contributed by atoms with Crippen LogP contribution in [0.5, 0.6) is 5.75 Å². The van der Waals surface area contributed by atoms with Crippen molar-refractivity contribution < 1.29 is 14.1 Å². The highest BCUT2D eigenvalue weighted by atomic mass is 16.5. The van der Waals surface area contributed by atoms with Gasteiger partial charge in [0.15, 0.2) is 0 Å².